The van der Waals surface area contributed by atoms with E-state index in [9.17, 15) is 9.18 Å². The van der Waals surface area contributed by atoms with E-state index in [-0.39, 0.29) is 11.3 Å². The van der Waals surface area contributed by atoms with Crippen molar-refractivity contribution in [2.45, 2.75) is 13.8 Å². The number of carbonyl (C=O) groups excluding carboxylic acids is 1. The van der Waals surface area contributed by atoms with Crippen molar-refractivity contribution < 1.29 is 13.9 Å². The number of nitrogens with two attached hydrogens (primary N) is 1. The van der Waals surface area contributed by atoms with E-state index in [1.807, 2.05) is 19.9 Å². The molecule has 0 aliphatic rings. The standard InChI is InChI=1S/C16H17FN2O2/c1-3-21-12-5-7-15(10(2)8-12)19-16(20)13-9-11(17)4-6-14(13)18/h4-9H,3,18H2,1-2H3,(H,19,20). The number of hydrogen-bond acceptors (Lipinski definition) is 3. The molecule has 3 N–H and O–H groups in total. The summed E-state index contributed by atoms with van der Waals surface area (Å²) in [6.07, 6.45) is 0. The second-order valence-corrected chi connectivity index (χ2v) is 4.60. The monoisotopic (exact) mass is 288 g/mol. The highest BCUT2D eigenvalue weighted by Crippen LogP contribution is 2.23. The van der Waals surface area contributed by atoms with Crippen LogP contribution in [-0.2, 0) is 0 Å². The van der Waals surface area contributed by atoms with Gasteiger partial charge in [-0.15, -0.1) is 0 Å². The zero-order chi connectivity index (χ0) is 15.4. The van der Waals surface area contributed by atoms with Gasteiger partial charge in [0.1, 0.15) is 11.6 Å². The number of aryl methyl sites for hydroxylation is 1. The molecule has 21 heavy (non-hydrogen) atoms. The molecule has 0 aliphatic carbocycles. The molecule has 2 aromatic carbocycles. The van der Waals surface area contributed by atoms with Crippen molar-refractivity contribution in [3.63, 3.8) is 0 Å². The number of halogens is 1. The molecule has 0 unspecified atom stereocenters. The molecule has 0 aromatic heterocycles. The van der Waals surface area contributed by atoms with Crippen molar-refractivity contribution >= 4 is 17.3 Å². The number of benzene rings is 2. The Hall–Kier alpha value is -2.56. The van der Waals surface area contributed by atoms with Gasteiger partial charge in [0, 0.05) is 11.4 Å². The van der Waals surface area contributed by atoms with Gasteiger partial charge in [0.25, 0.3) is 5.91 Å². The summed E-state index contributed by atoms with van der Waals surface area (Å²) in [5.74, 6) is -0.213. The second-order valence-electron chi connectivity index (χ2n) is 4.60. The number of carbonyl (C=O) groups is 1. The van der Waals surface area contributed by atoms with Crippen LogP contribution in [0.5, 0.6) is 5.75 Å². The number of rotatable bonds is 4. The lowest BCUT2D eigenvalue weighted by Gasteiger charge is -2.11. The van der Waals surface area contributed by atoms with Crippen LogP contribution in [0.2, 0.25) is 0 Å². The highest BCUT2D eigenvalue weighted by Gasteiger charge is 2.12. The molecule has 0 saturated heterocycles. The Labute approximate surface area is 122 Å². The Balaban J connectivity index is 2.21. The minimum absolute atomic E-state index is 0.114. The number of nitrogen functional groups attached to an aromatic ring is 1. The van der Waals surface area contributed by atoms with Crippen LogP contribution in [0, 0.1) is 12.7 Å². The Bertz CT molecular complexity index is 671. The lowest BCUT2D eigenvalue weighted by Crippen LogP contribution is -2.15. The van der Waals surface area contributed by atoms with Crippen LogP contribution in [0.3, 0.4) is 0 Å². The van der Waals surface area contributed by atoms with Gasteiger partial charge in [-0.25, -0.2) is 4.39 Å². The maximum atomic E-state index is 13.2. The zero-order valence-corrected chi connectivity index (χ0v) is 11.9. The smallest absolute Gasteiger partial charge is 0.257 e. The first-order valence-corrected chi connectivity index (χ1v) is 6.61. The molecule has 110 valence electrons. The van der Waals surface area contributed by atoms with E-state index in [0.29, 0.717) is 12.3 Å². The fourth-order valence-corrected chi connectivity index (χ4v) is 1.95. The molecule has 2 aromatic rings. The normalized spacial score (nSPS) is 10.2. The number of hydrogen-bond donors (Lipinski definition) is 2. The topological polar surface area (TPSA) is 64.3 Å². The fourth-order valence-electron chi connectivity index (χ4n) is 1.95. The van der Waals surface area contributed by atoms with Crippen molar-refractivity contribution in [1.82, 2.24) is 0 Å². The summed E-state index contributed by atoms with van der Waals surface area (Å²) in [6, 6.07) is 9.04. The minimum Gasteiger partial charge on any atom is -0.494 e. The van der Waals surface area contributed by atoms with E-state index in [0.717, 1.165) is 17.4 Å². The van der Waals surface area contributed by atoms with Gasteiger partial charge in [-0.05, 0) is 55.8 Å². The Morgan fingerprint density at radius 3 is 2.71 bits per heavy atom. The van der Waals surface area contributed by atoms with E-state index < -0.39 is 11.7 Å². The largest absolute Gasteiger partial charge is 0.494 e. The first-order valence-electron chi connectivity index (χ1n) is 6.61. The highest BCUT2D eigenvalue weighted by molar-refractivity contribution is 6.08. The number of amides is 1. The fraction of sp³-hybridized carbons (Fsp3) is 0.188. The highest BCUT2D eigenvalue weighted by atomic mass is 19.1. The van der Waals surface area contributed by atoms with E-state index in [1.54, 1.807) is 12.1 Å². The molecule has 0 saturated carbocycles. The molecule has 0 atom stereocenters. The van der Waals surface area contributed by atoms with Crippen molar-refractivity contribution in [3.05, 3.63) is 53.3 Å². The van der Waals surface area contributed by atoms with Crippen LogP contribution in [-0.4, -0.2) is 12.5 Å². The Morgan fingerprint density at radius 1 is 1.29 bits per heavy atom. The average molecular weight is 288 g/mol. The molecule has 5 heteroatoms. The molecule has 0 radical (unpaired) electrons. The zero-order valence-electron chi connectivity index (χ0n) is 11.9. The molecule has 1 amide bonds. The van der Waals surface area contributed by atoms with Crippen molar-refractivity contribution in [3.8, 4) is 5.75 Å². The third-order valence-electron chi connectivity index (χ3n) is 3.02. The molecule has 4 nitrogen and oxygen atoms in total. The minimum atomic E-state index is -0.502. The van der Waals surface area contributed by atoms with Crippen LogP contribution in [0.15, 0.2) is 36.4 Å². The third kappa shape index (κ3) is 3.51. The quantitative estimate of drug-likeness (QED) is 0.848. The van der Waals surface area contributed by atoms with Gasteiger partial charge in [-0.3, -0.25) is 4.79 Å². The average Bonchev–Trinajstić information content (AvgIpc) is 2.44. The number of nitrogens with one attached hydrogen (secondary N) is 1. The van der Waals surface area contributed by atoms with Crippen molar-refractivity contribution in [2.75, 3.05) is 17.7 Å². The Kier molecular flexibility index (Phi) is 4.42. The summed E-state index contributed by atoms with van der Waals surface area (Å²) < 4.78 is 18.6. The van der Waals surface area contributed by atoms with Crippen LogP contribution in [0.25, 0.3) is 0 Å². The SMILES string of the molecule is CCOc1ccc(NC(=O)c2cc(F)ccc2N)c(C)c1. The molecular formula is C16H17FN2O2. The molecule has 0 aliphatic heterocycles. The maximum Gasteiger partial charge on any atom is 0.257 e. The van der Waals surface area contributed by atoms with E-state index in [1.165, 1.54) is 12.1 Å². The van der Waals surface area contributed by atoms with Crippen LogP contribution < -0.4 is 15.8 Å². The van der Waals surface area contributed by atoms with Gasteiger partial charge in [-0.2, -0.15) is 0 Å². The second kappa shape index (κ2) is 6.26. The summed E-state index contributed by atoms with van der Waals surface area (Å²) in [7, 11) is 0. The number of anilines is 2. The summed E-state index contributed by atoms with van der Waals surface area (Å²) in [6.45, 7) is 4.33. The predicted octanol–water partition coefficient (Wildman–Crippen LogP) is 3.37. The van der Waals surface area contributed by atoms with E-state index in [4.69, 9.17) is 10.5 Å². The first kappa shape index (κ1) is 14.8. The summed E-state index contributed by atoms with van der Waals surface area (Å²) in [5, 5.41) is 2.72. The Morgan fingerprint density at radius 2 is 2.05 bits per heavy atom. The van der Waals surface area contributed by atoms with Gasteiger partial charge in [0.15, 0.2) is 0 Å². The molecular weight excluding hydrogens is 271 g/mol. The molecule has 2 rings (SSSR count). The first-order chi connectivity index (χ1) is 10.0. The van der Waals surface area contributed by atoms with Gasteiger partial charge in [-0.1, -0.05) is 0 Å². The van der Waals surface area contributed by atoms with Gasteiger partial charge in [0.05, 0.1) is 12.2 Å². The third-order valence-corrected chi connectivity index (χ3v) is 3.02. The van der Waals surface area contributed by atoms with Crippen LogP contribution in [0.1, 0.15) is 22.8 Å². The molecule has 0 bridgehead atoms. The lowest BCUT2D eigenvalue weighted by molar-refractivity contribution is 0.102. The van der Waals surface area contributed by atoms with Crippen molar-refractivity contribution in [1.29, 1.82) is 0 Å². The maximum absolute atomic E-state index is 13.2. The predicted molar refractivity (Wildman–Crippen MR) is 81.1 cm³/mol. The molecule has 0 fully saturated rings. The van der Waals surface area contributed by atoms with Crippen LogP contribution in [0.4, 0.5) is 15.8 Å². The van der Waals surface area contributed by atoms with Gasteiger partial charge >= 0.3 is 0 Å². The van der Waals surface area contributed by atoms with E-state index in [2.05, 4.69) is 5.32 Å². The molecule has 0 heterocycles. The van der Waals surface area contributed by atoms with Crippen LogP contribution >= 0.6 is 0 Å². The summed E-state index contributed by atoms with van der Waals surface area (Å²) in [5.41, 5.74) is 7.53. The lowest BCUT2D eigenvalue weighted by atomic mass is 10.1. The summed E-state index contributed by atoms with van der Waals surface area (Å²) >= 11 is 0. The van der Waals surface area contributed by atoms with E-state index >= 15 is 0 Å². The van der Waals surface area contributed by atoms with Gasteiger partial charge in [0.2, 0.25) is 0 Å². The van der Waals surface area contributed by atoms with Gasteiger partial charge < -0.3 is 15.8 Å². The molecule has 0 spiro atoms. The van der Waals surface area contributed by atoms with Crippen molar-refractivity contribution in [2.24, 2.45) is 0 Å². The summed E-state index contributed by atoms with van der Waals surface area (Å²) in [4.78, 5) is 12.2. The number of ether oxygens (including phenoxy) is 1.